The molecule has 1 aromatic carbocycles. The Kier molecular flexibility index (Phi) is 3.92. The van der Waals surface area contributed by atoms with E-state index in [1.165, 1.54) is 24.2 Å². The highest BCUT2D eigenvalue weighted by molar-refractivity contribution is 7.13. The van der Waals surface area contributed by atoms with Gasteiger partial charge >= 0.3 is 0 Å². The Balaban J connectivity index is 1.57. The molecule has 3 rings (SSSR count). The van der Waals surface area contributed by atoms with Gasteiger partial charge in [-0.1, -0.05) is 17.7 Å². The molecule has 1 aliphatic carbocycles. The van der Waals surface area contributed by atoms with E-state index in [1.807, 2.05) is 36.6 Å². The van der Waals surface area contributed by atoms with Crippen LogP contribution in [0.15, 0.2) is 29.6 Å². The summed E-state index contributed by atoms with van der Waals surface area (Å²) in [6.07, 6.45) is 1.87. The van der Waals surface area contributed by atoms with Crippen molar-refractivity contribution in [3.63, 3.8) is 0 Å². The molecule has 0 bridgehead atoms. The number of anilines is 1. The fourth-order valence-corrected chi connectivity index (χ4v) is 2.79. The van der Waals surface area contributed by atoms with Gasteiger partial charge in [0, 0.05) is 11.3 Å². The third kappa shape index (κ3) is 3.61. The molecular weight excluding hydrogens is 284 g/mol. The molecule has 1 amide bonds. The zero-order valence-electron chi connectivity index (χ0n) is 12.1. The number of hydrogen-bond acceptors (Lipinski definition) is 4. The van der Waals surface area contributed by atoms with Crippen molar-refractivity contribution in [2.24, 2.45) is 0 Å². The monoisotopic (exact) mass is 302 g/mol. The summed E-state index contributed by atoms with van der Waals surface area (Å²) in [5, 5.41) is 5.50. The fourth-order valence-electron chi connectivity index (χ4n) is 1.99. The van der Waals surface area contributed by atoms with Crippen LogP contribution in [0.2, 0.25) is 0 Å². The zero-order chi connectivity index (χ0) is 14.8. The number of carbonyl (C=O) groups is 1. The summed E-state index contributed by atoms with van der Waals surface area (Å²) >= 11 is 1.47. The van der Waals surface area contributed by atoms with Crippen LogP contribution in [0.25, 0.3) is 0 Å². The summed E-state index contributed by atoms with van der Waals surface area (Å²) in [4.78, 5) is 16.6. The Hall–Kier alpha value is -1.88. The minimum absolute atomic E-state index is 0.174. The molecule has 1 fully saturated rings. The van der Waals surface area contributed by atoms with Gasteiger partial charge in [-0.25, -0.2) is 4.98 Å². The molecule has 1 aromatic heterocycles. The van der Waals surface area contributed by atoms with Crippen LogP contribution in [0.3, 0.4) is 0 Å². The summed E-state index contributed by atoms with van der Waals surface area (Å²) in [5.74, 6) is 1.13. The molecular formula is C16H18N2O2S. The number of amides is 1. The summed E-state index contributed by atoms with van der Waals surface area (Å²) in [7, 11) is 0. The minimum Gasteiger partial charge on any atom is -0.481 e. The van der Waals surface area contributed by atoms with Crippen molar-refractivity contribution in [3.05, 3.63) is 40.9 Å². The second kappa shape index (κ2) is 5.85. The molecule has 4 nitrogen and oxygen atoms in total. The first-order chi connectivity index (χ1) is 10.1. The van der Waals surface area contributed by atoms with Crippen LogP contribution in [0.5, 0.6) is 5.75 Å². The number of rotatable bonds is 5. The third-order valence-electron chi connectivity index (χ3n) is 3.45. The molecule has 1 heterocycles. The van der Waals surface area contributed by atoms with Gasteiger partial charge in [-0.2, -0.15) is 0 Å². The zero-order valence-corrected chi connectivity index (χ0v) is 12.9. The Morgan fingerprint density at radius 2 is 2.10 bits per heavy atom. The topological polar surface area (TPSA) is 51.2 Å². The number of benzene rings is 1. The maximum absolute atomic E-state index is 12.1. The molecule has 0 radical (unpaired) electrons. The molecule has 5 heteroatoms. The normalized spacial score (nSPS) is 15.5. The highest BCUT2D eigenvalue weighted by atomic mass is 32.1. The Bertz CT molecular complexity index is 632. The molecule has 0 aliphatic heterocycles. The molecule has 2 aromatic rings. The van der Waals surface area contributed by atoms with Crippen LogP contribution in [0.1, 0.15) is 36.9 Å². The number of carbonyl (C=O) groups excluding carboxylic acids is 1. The minimum atomic E-state index is -0.555. The van der Waals surface area contributed by atoms with Crippen molar-refractivity contribution in [3.8, 4) is 5.75 Å². The molecule has 21 heavy (non-hydrogen) atoms. The van der Waals surface area contributed by atoms with E-state index in [9.17, 15) is 4.79 Å². The van der Waals surface area contributed by atoms with Crippen LogP contribution in [-0.4, -0.2) is 17.0 Å². The van der Waals surface area contributed by atoms with E-state index in [0.29, 0.717) is 16.8 Å². The van der Waals surface area contributed by atoms with Gasteiger partial charge in [-0.3, -0.25) is 10.1 Å². The summed E-state index contributed by atoms with van der Waals surface area (Å²) in [5.41, 5.74) is 2.26. The van der Waals surface area contributed by atoms with Gasteiger partial charge in [-0.15, -0.1) is 11.3 Å². The van der Waals surface area contributed by atoms with Crippen LogP contribution in [-0.2, 0) is 4.79 Å². The van der Waals surface area contributed by atoms with Crippen molar-refractivity contribution in [2.45, 2.75) is 38.7 Å². The van der Waals surface area contributed by atoms with Crippen molar-refractivity contribution in [1.82, 2.24) is 4.98 Å². The molecule has 1 atom stereocenters. The first-order valence-electron chi connectivity index (χ1n) is 7.11. The molecule has 0 saturated heterocycles. The fraction of sp³-hybridized carbons (Fsp3) is 0.375. The van der Waals surface area contributed by atoms with Gasteiger partial charge in [0.05, 0.1) is 5.69 Å². The lowest BCUT2D eigenvalue weighted by Gasteiger charge is -2.13. The van der Waals surface area contributed by atoms with Crippen LogP contribution in [0, 0.1) is 6.92 Å². The summed E-state index contributed by atoms with van der Waals surface area (Å²) in [6, 6.07) is 7.66. The number of nitrogens with one attached hydrogen (secondary N) is 1. The number of hydrogen-bond donors (Lipinski definition) is 1. The van der Waals surface area contributed by atoms with Crippen LogP contribution >= 0.6 is 11.3 Å². The van der Waals surface area contributed by atoms with Gasteiger partial charge in [-0.05, 0) is 38.8 Å². The van der Waals surface area contributed by atoms with E-state index in [2.05, 4.69) is 10.3 Å². The van der Waals surface area contributed by atoms with Crippen LogP contribution < -0.4 is 10.1 Å². The maximum Gasteiger partial charge on any atom is 0.266 e. The van der Waals surface area contributed by atoms with Gasteiger partial charge in [0.2, 0.25) is 0 Å². The number of thiazole rings is 1. The Morgan fingerprint density at radius 1 is 1.38 bits per heavy atom. The van der Waals surface area contributed by atoms with Crippen LogP contribution in [0.4, 0.5) is 5.13 Å². The largest absolute Gasteiger partial charge is 0.481 e. The Morgan fingerprint density at radius 3 is 2.76 bits per heavy atom. The lowest BCUT2D eigenvalue weighted by atomic mass is 10.2. The molecule has 1 N–H and O–H groups in total. The van der Waals surface area contributed by atoms with Gasteiger partial charge in [0.1, 0.15) is 5.75 Å². The number of aryl methyl sites for hydroxylation is 1. The molecule has 0 spiro atoms. The number of aromatic nitrogens is 1. The standard InChI is InChI=1S/C16H18N2O2S/c1-10-3-7-13(8-4-10)20-11(2)15(19)18-16-17-14(9-21-16)12-5-6-12/h3-4,7-9,11-12H,5-6H2,1-2H3,(H,17,18,19). The average molecular weight is 302 g/mol. The lowest BCUT2D eigenvalue weighted by Crippen LogP contribution is -2.30. The maximum atomic E-state index is 12.1. The van der Waals surface area contributed by atoms with Crippen molar-refractivity contribution >= 4 is 22.4 Å². The molecule has 1 unspecified atom stereocenters. The number of nitrogens with zero attached hydrogens (tertiary/aromatic N) is 1. The number of ether oxygens (including phenoxy) is 1. The second-order valence-corrected chi connectivity index (χ2v) is 6.27. The van der Waals surface area contributed by atoms with Crippen molar-refractivity contribution in [2.75, 3.05) is 5.32 Å². The second-order valence-electron chi connectivity index (χ2n) is 5.41. The lowest BCUT2D eigenvalue weighted by molar-refractivity contribution is -0.122. The van der Waals surface area contributed by atoms with E-state index < -0.39 is 6.10 Å². The van der Waals surface area contributed by atoms with E-state index in [1.54, 1.807) is 6.92 Å². The van der Waals surface area contributed by atoms with E-state index in [4.69, 9.17) is 4.74 Å². The van der Waals surface area contributed by atoms with Crippen molar-refractivity contribution < 1.29 is 9.53 Å². The quantitative estimate of drug-likeness (QED) is 0.915. The molecule has 1 aliphatic rings. The van der Waals surface area contributed by atoms with E-state index in [0.717, 1.165) is 11.3 Å². The predicted molar refractivity (Wildman–Crippen MR) is 84.0 cm³/mol. The SMILES string of the molecule is Cc1ccc(OC(C)C(=O)Nc2nc(C3CC3)cs2)cc1. The average Bonchev–Trinajstić information content (AvgIpc) is 3.22. The highest BCUT2D eigenvalue weighted by Crippen LogP contribution is 2.40. The first kappa shape index (κ1) is 14.1. The highest BCUT2D eigenvalue weighted by Gasteiger charge is 2.26. The van der Waals surface area contributed by atoms with Gasteiger partial charge in [0.15, 0.2) is 11.2 Å². The first-order valence-corrected chi connectivity index (χ1v) is 7.99. The molecule has 1 saturated carbocycles. The molecule has 110 valence electrons. The van der Waals surface area contributed by atoms with Crippen molar-refractivity contribution in [1.29, 1.82) is 0 Å². The summed E-state index contributed by atoms with van der Waals surface area (Å²) < 4.78 is 5.63. The smallest absolute Gasteiger partial charge is 0.266 e. The van der Waals surface area contributed by atoms with Gasteiger partial charge in [0.25, 0.3) is 5.91 Å². The third-order valence-corrected chi connectivity index (χ3v) is 4.23. The predicted octanol–water partition coefficient (Wildman–Crippen LogP) is 3.73. The van der Waals surface area contributed by atoms with E-state index in [-0.39, 0.29) is 5.91 Å². The Labute approximate surface area is 128 Å². The summed E-state index contributed by atoms with van der Waals surface area (Å²) in [6.45, 7) is 3.75. The van der Waals surface area contributed by atoms with Gasteiger partial charge < -0.3 is 4.74 Å². The van der Waals surface area contributed by atoms with E-state index >= 15 is 0 Å².